The number of aryl methyl sites for hydroxylation is 2. The number of rotatable bonds is 13. The van der Waals surface area contributed by atoms with Gasteiger partial charge in [-0.05, 0) is 39.3 Å². The molecular formula is C29H37ClN7O8PS. The molecule has 1 aliphatic heterocycles. The second kappa shape index (κ2) is 17.8. The zero-order valence-electron chi connectivity index (χ0n) is 26.3. The van der Waals surface area contributed by atoms with Crippen molar-refractivity contribution in [1.29, 1.82) is 0 Å². The number of anilines is 4. The lowest BCUT2D eigenvalue weighted by Crippen LogP contribution is -2.47. The van der Waals surface area contributed by atoms with Crippen LogP contribution in [-0.2, 0) is 23.2 Å². The number of carboxylic acid groups (broad SMARTS) is 2. The Bertz CT molecular complexity index is 1590. The molecule has 0 radical (unpaired) electrons. The van der Waals surface area contributed by atoms with Crippen molar-refractivity contribution in [2.45, 2.75) is 27.7 Å². The minimum atomic E-state index is -3.13. The largest absolute Gasteiger partial charge is 0.478 e. The highest BCUT2D eigenvalue weighted by atomic mass is 35.5. The highest BCUT2D eigenvalue weighted by molar-refractivity contribution is 7.53. The van der Waals surface area contributed by atoms with Gasteiger partial charge < -0.3 is 34.8 Å². The van der Waals surface area contributed by atoms with Crippen LogP contribution in [0, 0.1) is 13.8 Å². The van der Waals surface area contributed by atoms with Crippen LogP contribution in [0.3, 0.4) is 0 Å². The first-order valence-corrected chi connectivity index (χ1v) is 17.4. The van der Waals surface area contributed by atoms with Gasteiger partial charge in [-0.25, -0.2) is 24.5 Å². The number of hydrogen-bond acceptors (Lipinski definition) is 13. The monoisotopic (exact) mass is 709 g/mol. The van der Waals surface area contributed by atoms with Gasteiger partial charge in [0.15, 0.2) is 5.13 Å². The predicted octanol–water partition coefficient (Wildman–Crippen LogP) is 5.26. The van der Waals surface area contributed by atoms with E-state index < -0.39 is 19.5 Å². The number of aliphatic carboxylic acids is 2. The van der Waals surface area contributed by atoms with Gasteiger partial charge in [0, 0.05) is 44.4 Å². The Kier molecular flexibility index (Phi) is 14.3. The van der Waals surface area contributed by atoms with E-state index in [1.807, 2.05) is 45.9 Å². The third-order valence-electron chi connectivity index (χ3n) is 6.34. The molecule has 4 rings (SSSR count). The Labute approximate surface area is 281 Å². The van der Waals surface area contributed by atoms with Crippen molar-refractivity contribution in [2.24, 2.45) is 0 Å². The number of carbonyl (C=O) groups is 3. The molecular weight excluding hydrogens is 673 g/mol. The van der Waals surface area contributed by atoms with E-state index in [2.05, 4.69) is 35.4 Å². The molecule has 254 valence electrons. The van der Waals surface area contributed by atoms with Crippen LogP contribution in [-0.4, -0.2) is 93.6 Å². The van der Waals surface area contributed by atoms with E-state index >= 15 is 0 Å². The lowest BCUT2D eigenvalue weighted by atomic mass is 10.2. The Morgan fingerprint density at radius 1 is 1.04 bits per heavy atom. The zero-order chi connectivity index (χ0) is 34.6. The topological polar surface area (TPSA) is 196 Å². The Balaban J connectivity index is 0.000000665. The zero-order valence-corrected chi connectivity index (χ0v) is 28.8. The van der Waals surface area contributed by atoms with E-state index in [-0.39, 0.29) is 12.2 Å². The molecule has 1 amide bonds. The lowest BCUT2D eigenvalue weighted by molar-refractivity contribution is -0.134. The molecule has 0 unspecified atom stereocenters. The smallest absolute Gasteiger partial charge is 0.344 e. The molecule has 47 heavy (non-hydrogen) atoms. The highest BCUT2D eigenvalue weighted by Crippen LogP contribution is 2.48. The van der Waals surface area contributed by atoms with Crippen LogP contribution in [0.15, 0.2) is 42.6 Å². The van der Waals surface area contributed by atoms with Crippen molar-refractivity contribution in [2.75, 3.05) is 61.2 Å². The second-order valence-electron chi connectivity index (χ2n) is 9.90. The quantitative estimate of drug-likeness (QED) is 0.132. The van der Waals surface area contributed by atoms with Crippen molar-refractivity contribution in [3.63, 3.8) is 0 Å². The van der Waals surface area contributed by atoms with E-state index in [4.69, 9.17) is 30.9 Å². The predicted molar refractivity (Wildman–Crippen MR) is 180 cm³/mol. The van der Waals surface area contributed by atoms with Crippen molar-refractivity contribution < 1.29 is 38.2 Å². The third-order valence-corrected chi connectivity index (χ3v) is 9.62. The molecule has 3 heterocycles. The number of carboxylic acids is 2. The van der Waals surface area contributed by atoms with Gasteiger partial charge in [0.25, 0.3) is 5.91 Å². The fourth-order valence-corrected chi connectivity index (χ4v) is 7.09. The van der Waals surface area contributed by atoms with Gasteiger partial charge in [0.05, 0.1) is 30.1 Å². The summed E-state index contributed by atoms with van der Waals surface area (Å²) < 4.78 is 23.8. The molecule has 0 spiro atoms. The molecule has 0 aliphatic carbocycles. The second-order valence-corrected chi connectivity index (χ2v) is 13.4. The molecule has 3 aromatic rings. The van der Waals surface area contributed by atoms with Gasteiger partial charge in [-0.3, -0.25) is 14.3 Å². The number of nitrogens with one attached hydrogen (secondary N) is 2. The normalized spacial score (nSPS) is 13.6. The molecule has 18 heteroatoms. The molecule has 2 aromatic heterocycles. The van der Waals surface area contributed by atoms with Crippen LogP contribution in [0.4, 0.5) is 22.5 Å². The maximum atomic E-state index is 12.9. The first-order chi connectivity index (χ1) is 22.3. The van der Waals surface area contributed by atoms with Crippen molar-refractivity contribution in [1.82, 2.24) is 19.9 Å². The standard InChI is InChI=1S/C25H33ClN7O4PS.C4H4O4/c1-5-36-38(35,37-6-2)16-32-10-12-33(13-11-32)22-14-21(28-18(4)29-22)30-25-27-15-20(39-25)24(34)31-23-17(3)8-7-9-19(23)26;5-3(6)1-2-4(7)8/h7-9,14-15H,5-6,10-13,16H2,1-4H3,(H,31,34)(H,27,28,29,30);1-2H,(H,5,6)(H,7,8)/b;2-1-. The molecule has 0 bridgehead atoms. The molecule has 1 aliphatic rings. The van der Waals surface area contributed by atoms with E-state index in [1.165, 1.54) is 17.5 Å². The summed E-state index contributed by atoms with van der Waals surface area (Å²) in [6, 6.07) is 7.32. The van der Waals surface area contributed by atoms with Gasteiger partial charge in [0.1, 0.15) is 28.6 Å². The van der Waals surface area contributed by atoms with Crippen molar-refractivity contribution in [3.8, 4) is 0 Å². The Morgan fingerprint density at radius 3 is 2.26 bits per heavy atom. The molecule has 4 N–H and O–H groups in total. The lowest BCUT2D eigenvalue weighted by Gasteiger charge is -2.36. The number of para-hydroxylation sites is 1. The van der Waals surface area contributed by atoms with Gasteiger partial charge in [-0.2, -0.15) is 0 Å². The first kappa shape index (κ1) is 37.5. The summed E-state index contributed by atoms with van der Waals surface area (Å²) in [7, 11) is -3.13. The number of amides is 1. The number of thiazole rings is 1. The summed E-state index contributed by atoms with van der Waals surface area (Å²) in [5, 5.41) is 22.7. The minimum Gasteiger partial charge on any atom is -0.478 e. The minimum absolute atomic E-state index is 0.272. The Hall–Kier alpha value is -3.92. The average molecular weight is 710 g/mol. The summed E-state index contributed by atoms with van der Waals surface area (Å²) in [5.74, 6) is -0.822. The van der Waals surface area contributed by atoms with Gasteiger partial charge >= 0.3 is 19.5 Å². The van der Waals surface area contributed by atoms with Crippen LogP contribution in [0.25, 0.3) is 0 Å². The number of halogens is 1. The van der Waals surface area contributed by atoms with Gasteiger partial charge in [0.2, 0.25) is 0 Å². The molecule has 1 saturated heterocycles. The molecule has 0 saturated carbocycles. The van der Waals surface area contributed by atoms with E-state index in [0.29, 0.717) is 83.9 Å². The fraction of sp³-hybridized carbons (Fsp3) is 0.379. The van der Waals surface area contributed by atoms with Crippen molar-refractivity contribution >= 4 is 70.8 Å². The van der Waals surface area contributed by atoms with Crippen LogP contribution >= 0.6 is 30.5 Å². The summed E-state index contributed by atoms with van der Waals surface area (Å²) in [6.07, 6.45) is 2.91. The summed E-state index contributed by atoms with van der Waals surface area (Å²) in [6.45, 7) is 10.9. The maximum Gasteiger partial charge on any atom is 0.344 e. The number of piperazine rings is 1. The number of hydrogen-bond donors (Lipinski definition) is 4. The van der Waals surface area contributed by atoms with Crippen LogP contribution in [0.1, 0.15) is 34.9 Å². The number of benzene rings is 1. The van der Waals surface area contributed by atoms with Crippen LogP contribution < -0.4 is 15.5 Å². The van der Waals surface area contributed by atoms with E-state index in [0.717, 1.165) is 11.4 Å². The third kappa shape index (κ3) is 12.0. The van der Waals surface area contributed by atoms with E-state index in [1.54, 1.807) is 6.07 Å². The molecule has 15 nitrogen and oxygen atoms in total. The maximum absolute atomic E-state index is 12.9. The van der Waals surface area contributed by atoms with Crippen LogP contribution in [0.2, 0.25) is 5.02 Å². The number of carbonyl (C=O) groups excluding carboxylic acids is 1. The summed E-state index contributed by atoms with van der Waals surface area (Å²) in [4.78, 5) is 50.1. The summed E-state index contributed by atoms with van der Waals surface area (Å²) >= 11 is 7.46. The summed E-state index contributed by atoms with van der Waals surface area (Å²) in [5.41, 5.74) is 1.46. The first-order valence-electron chi connectivity index (χ1n) is 14.5. The fourth-order valence-electron chi connectivity index (χ4n) is 4.31. The number of aromatic nitrogens is 3. The average Bonchev–Trinajstić information content (AvgIpc) is 3.47. The molecule has 0 atom stereocenters. The molecule has 1 fully saturated rings. The SMILES string of the molecule is CCOP(=O)(CN1CCN(c2cc(Nc3ncc(C(=O)Nc4c(C)cccc4Cl)s3)nc(C)n2)CC1)OCC.O=C(O)/C=C\C(=O)O. The van der Waals surface area contributed by atoms with Crippen LogP contribution in [0.5, 0.6) is 0 Å². The van der Waals surface area contributed by atoms with Gasteiger partial charge in [-0.15, -0.1) is 0 Å². The molecule has 1 aromatic carbocycles. The highest BCUT2D eigenvalue weighted by Gasteiger charge is 2.29. The van der Waals surface area contributed by atoms with Gasteiger partial charge in [-0.1, -0.05) is 35.1 Å². The number of nitrogens with zero attached hydrogens (tertiary/aromatic N) is 5. The Morgan fingerprint density at radius 2 is 1.68 bits per heavy atom. The van der Waals surface area contributed by atoms with Crippen molar-refractivity contribution in [3.05, 3.63) is 63.9 Å². The van der Waals surface area contributed by atoms with E-state index in [9.17, 15) is 18.9 Å².